The van der Waals surface area contributed by atoms with Gasteiger partial charge in [0.2, 0.25) is 0 Å². The zero-order valence-corrected chi connectivity index (χ0v) is 7.08. The van der Waals surface area contributed by atoms with Crippen molar-refractivity contribution in [2.24, 2.45) is 0 Å². The number of halogens is 1. The zero-order valence-electron chi connectivity index (χ0n) is 5.51. The Labute approximate surface area is 69.3 Å². The lowest BCUT2D eigenvalue weighted by Crippen LogP contribution is -2.19. The summed E-state index contributed by atoms with van der Waals surface area (Å²) in [6.07, 6.45) is 1.97. The minimum Gasteiger partial charge on any atom is -0.450 e. The van der Waals surface area contributed by atoms with Crippen LogP contribution in [-0.2, 0) is 4.74 Å². The van der Waals surface area contributed by atoms with E-state index in [0.29, 0.717) is 0 Å². The van der Waals surface area contributed by atoms with Crippen molar-refractivity contribution in [3.8, 4) is 0 Å². The van der Waals surface area contributed by atoms with Crippen LogP contribution >= 0.6 is 23.4 Å². The van der Waals surface area contributed by atoms with E-state index >= 15 is 0 Å². The van der Waals surface area contributed by atoms with Crippen LogP contribution < -0.4 is 0 Å². The van der Waals surface area contributed by atoms with E-state index in [2.05, 4.69) is 0 Å². The Morgan fingerprint density at radius 3 is 2.60 bits per heavy atom. The van der Waals surface area contributed by atoms with E-state index in [0.717, 1.165) is 24.3 Å². The van der Waals surface area contributed by atoms with E-state index in [1.807, 2.05) is 11.8 Å². The monoisotopic (exact) mass is 180 g/mol. The number of rotatable bonds is 1. The van der Waals surface area contributed by atoms with Gasteiger partial charge in [0, 0.05) is 11.6 Å². The Hall–Kier alpha value is 0.110. The van der Waals surface area contributed by atoms with Gasteiger partial charge in [-0.15, -0.1) is 0 Å². The van der Waals surface area contributed by atoms with Crippen LogP contribution in [0.25, 0.3) is 0 Å². The van der Waals surface area contributed by atoms with Gasteiger partial charge in [0.25, 0.3) is 0 Å². The smallest absolute Gasteiger partial charge is 0.404 e. The second kappa shape index (κ2) is 4.09. The molecule has 1 aliphatic heterocycles. The van der Waals surface area contributed by atoms with Gasteiger partial charge in [-0.25, -0.2) is 4.79 Å². The molecule has 0 saturated carbocycles. The molecule has 1 saturated heterocycles. The first-order valence-corrected chi connectivity index (χ1v) is 4.76. The quantitative estimate of drug-likeness (QED) is 0.579. The van der Waals surface area contributed by atoms with Crippen LogP contribution in [0.2, 0.25) is 0 Å². The van der Waals surface area contributed by atoms with Gasteiger partial charge in [-0.3, -0.25) is 0 Å². The van der Waals surface area contributed by atoms with Crippen molar-refractivity contribution in [1.82, 2.24) is 0 Å². The van der Waals surface area contributed by atoms with Gasteiger partial charge < -0.3 is 4.74 Å². The summed E-state index contributed by atoms with van der Waals surface area (Å²) in [5.74, 6) is 2.16. The van der Waals surface area contributed by atoms with Crippen molar-refractivity contribution in [3.05, 3.63) is 0 Å². The normalized spacial score (nSPS) is 20.5. The van der Waals surface area contributed by atoms with E-state index in [9.17, 15) is 4.79 Å². The summed E-state index contributed by atoms with van der Waals surface area (Å²) >= 11 is 6.93. The number of hydrogen-bond donors (Lipinski definition) is 0. The lowest BCUT2D eigenvalue weighted by Gasteiger charge is -2.19. The maximum absolute atomic E-state index is 10.2. The van der Waals surface area contributed by atoms with Crippen LogP contribution in [0.15, 0.2) is 0 Å². The minimum atomic E-state index is -0.670. The first-order chi connectivity index (χ1) is 4.79. The predicted molar refractivity (Wildman–Crippen MR) is 42.7 cm³/mol. The molecule has 1 fully saturated rings. The van der Waals surface area contributed by atoms with Crippen molar-refractivity contribution in [2.75, 3.05) is 11.5 Å². The highest BCUT2D eigenvalue weighted by molar-refractivity contribution is 7.99. The summed E-state index contributed by atoms with van der Waals surface area (Å²) in [5, 5.41) is 0. The highest BCUT2D eigenvalue weighted by Gasteiger charge is 2.16. The summed E-state index contributed by atoms with van der Waals surface area (Å²) in [6, 6.07) is 0. The predicted octanol–water partition coefficient (Wildman–Crippen LogP) is 2.26. The van der Waals surface area contributed by atoms with Gasteiger partial charge in [-0.05, 0) is 24.3 Å². The van der Waals surface area contributed by atoms with E-state index < -0.39 is 5.43 Å². The lowest BCUT2D eigenvalue weighted by molar-refractivity contribution is 0.116. The zero-order chi connectivity index (χ0) is 7.40. The van der Waals surface area contributed by atoms with Gasteiger partial charge in [0.1, 0.15) is 6.10 Å². The highest BCUT2D eigenvalue weighted by atomic mass is 35.5. The lowest BCUT2D eigenvalue weighted by atomic mass is 10.2. The van der Waals surface area contributed by atoms with Crippen LogP contribution in [0.1, 0.15) is 12.8 Å². The molecule has 1 heterocycles. The molecule has 1 aliphatic rings. The largest absolute Gasteiger partial charge is 0.450 e. The molecule has 0 N–H and O–H groups in total. The second-order valence-corrected chi connectivity index (χ2v) is 3.70. The van der Waals surface area contributed by atoms with Gasteiger partial charge in [-0.2, -0.15) is 11.8 Å². The standard InChI is InChI=1S/C6H9ClO2S/c7-6(8)9-5-1-3-10-4-2-5/h5H,1-4H2. The molecule has 0 amide bonds. The molecule has 10 heavy (non-hydrogen) atoms. The molecule has 0 radical (unpaired) electrons. The molecule has 0 aromatic rings. The van der Waals surface area contributed by atoms with E-state index in [1.54, 1.807) is 0 Å². The number of hydrogen-bond acceptors (Lipinski definition) is 3. The summed E-state index contributed by atoms with van der Waals surface area (Å²) in [7, 11) is 0. The van der Waals surface area contributed by atoms with E-state index in [-0.39, 0.29) is 6.10 Å². The number of carbonyl (C=O) groups is 1. The summed E-state index contributed by atoms with van der Waals surface area (Å²) in [4.78, 5) is 10.2. The van der Waals surface area contributed by atoms with Crippen LogP contribution in [0.5, 0.6) is 0 Å². The first kappa shape index (κ1) is 8.21. The van der Waals surface area contributed by atoms with Crippen molar-refractivity contribution in [1.29, 1.82) is 0 Å². The Bertz CT molecular complexity index is 123. The Kier molecular flexibility index (Phi) is 3.35. The summed E-state index contributed by atoms with van der Waals surface area (Å²) in [6.45, 7) is 0. The third kappa shape index (κ3) is 2.80. The molecule has 0 bridgehead atoms. The molecule has 0 aromatic carbocycles. The van der Waals surface area contributed by atoms with Gasteiger partial charge in [0.15, 0.2) is 0 Å². The van der Waals surface area contributed by atoms with Crippen LogP contribution in [-0.4, -0.2) is 23.0 Å². The molecule has 0 spiro atoms. The molecule has 4 heteroatoms. The second-order valence-electron chi connectivity index (χ2n) is 2.17. The first-order valence-electron chi connectivity index (χ1n) is 3.23. The molecule has 1 rings (SSSR count). The molecule has 0 aliphatic carbocycles. The average Bonchev–Trinajstić information content (AvgIpc) is 1.88. The van der Waals surface area contributed by atoms with E-state index in [4.69, 9.17) is 16.3 Å². The minimum absolute atomic E-state index is 0.0752. The fourth-order valence-corrected chi connectivity index (χ4v) is 2.11. The number of thioether (sulfide) groups is 1. The molecule has 58 valence electrons. The third-order valence-electron chi connectivity index (χ3n) is 1.43. The fraction of sp³-hybridized carbons (Fsp3) is 0.833. The number of ether oxygens (including phenoxy) is 1. The van der Waals surface area contributed by atoms with Crippen molar-refractivity contribution in [3.63, 3.8) is 0 Å². The van der Waals surface area contributed by atoms with Gasteiger partial charge in [0.05, 0.1) is 0 Å². The molecule has 0 aromatic heterocycles. The van der Waals surface area contributed by atoms with Crippen molar-refractivity contribution in [2.45, 2.75) is 18.9 Å². The SMILES string of the molecule is O=C(Cl)OC1CCSCC1. The average molecular weight is 181 g/mol. The Morgan fingerprint density at radius 2 is 2.10 bits per heavy atom. The third-order valence-corrected chi connectivity index (χ3v) is 2.57. The Morgan fingerprint density at radius 1 is 1.50 bits per heavy atom. The van der Waals surface area contributed by atoms with Gasteiger partial charge in [-0.1, -0.05) is 0 Å². The van der Waals surface area contributed by atoms with Crippen LogP contribution in [0, 0.1) is 0 Å². The van der Waals surface area contributed by atoms with Crippen molar-refractivity contribution < 1.29 is 9.53 Å². The maximum Gasteiger partial charge on any atom is 0.404 e. The van der Waals surface area contributed by atoms with Gasteiger partial charge >= 0.3 is 5.43 Å². The molecular weight excluding hydrogens is 172 g/mol. The molecule has 2 nitrogen and oxygen atoms in total. The number of carbonyl (C=O) groups excluding carboxylic acids is 1. The summed E-state index contributed by atoms with van der Waals surface area (Å²) < 4.78 is 4.80. The Balaban J connectivity index is 2.19. The van der Waals surface area contributed by atoms with E-state index in [1.165, 1.54) is 0 Å². The fourth-order valence-electron chi connectivity index (χ4n) is 0.925. The van der Waals surface area contributed by atoms with Crippen LogP contribution in [0.3, 0.4) is 0 Å². The summed E-state index contributed by atoms with van der Waals surface area (Å²) in [5.41, 5.74) is -0.670. The molecule has 0 atom stereocenters. The topological polar surface area (TPSA) is 26.3 Å². The molecular formula is C6H9ClO2S. The maximum atomic E-state index is 10.2. The van der Waals surface area contributed by atoms with Crippen LogP contribution in [0.4, 0.5) is 4.79 Å². The molecule has 0 unspecified atom stereocenters. The highest BCUT2D eigenvalue weighted by Crippen LogP contribution is 2.19. The van der Waals surface area contributed by atoms with Crippen molar-refractivity contribution >= 4 is 28.8 Å².